The molecule has 0 radical (unpaired) electrons. The number of phosphoric acid groups is 1. The third kappa shape index (κ3) is 25.1. The Morgan fingerprint density at radius 3 is 1.76 bits per heavy atom. The first-order valence-electron chi connectivity index (χ1n) is 14.2. The molecule has 0 bridgehead atoms. The van der Waals surface area contributed by atoms with Crippen LogP contribution in [0.25, 0.3) is 0 Å². The molecule has 10 heteroatoms. The third-order valence-corrected chi connectivity index (χ3v) is 6.90. The van der Waals surface area contributed by atoms with E-state index in [0.717, 1.165) is 19.3 Å². The highest BCUT2D eigenvalue weighted by atomic mass is 31.2. The third-order valence-electron chi connectivity index (χ3n) is 5.93. The molecule has 0 fully saturated rings. The van der Waals surface area contributed by atoms with Gasteiger partial charge in [-0.05, 0) is 6.42 Å². The second-order valence-electron chi connectivity index (χ2n) is 10.7. The summed E-state index contributed by atoms with van der Waals surface area (Å²) in [5.41, 5.74) is 0. The Balaban J connectivity index is 4.05. The molecule has 0 aromatic rings. The summed E-state index contributed by atoms with van der Waals surface area (Å²) in [5, 5.41) is 0. The minimum atomic E-state index is -4.57. The van der Waals surface area contributed by atoms with Crippen LogP contribution in [-0.4, -0.2) is 70.0 Å². The number of unbranched alkanes of at least 4 members (excludes halogenated alkanes) is 12. The van der Waals surface area contributed by atoms with Gasteiger partial charge in [-0.1, -0.05) is 90.9 Å². The van der Waals surface area contributed by atoms with Gasteiger partial charge in [0.15, 0.2) is 6.10 Å². The minimum Gasteiger partial charge on any atom is -0.756 e. The molecule has 0 aromatic carbocycles. The number of hydrogen-bond donors (Lipinski definition) is 0. The Bertz CT molecular complexity index is 638. The van der Waals surface area contributed by atoms with Crippen LogP contribution in [0, 0.1) is 0 Å². The fourth-order valence-electron chi connectivity index (χ4n) is 3.57. The predicted octanol–water partition coefficient (Wildman–Crippen LogP) is 5.54. The average molecular weight is 552 g/mol. The Morgan fingerprint density at radius 1 is 0.757 bits per heavy atom. The minimum absolute atomic E-state index is 0.0300. The normalized spacial score (nSPS) is 14.2. The molecule has 0 aliphatic carbocycles. The summed E-state index contributed by atoms with van der Waals surface area (Å²) in [6, 6.07) is 0. The van der Waals surface area contributed by atoms with E-state index in [1.54, 1.807) is 6.92 Å². The largest absolute Gasteiger partial charge is 0.756 e. The number of ether oxygens (including phenoxy) is 2. The summed E-state index contributed by atoms with van der Waals surface area (Å²) in [5.74, 6) is -0.932. The van der Waals surface area contributed by atoms with Crippen molar-refractivity contribution in [1.29, 1.82) is 0 Å². The van der Waals surface area contributed by atoms with Crippen LogP contribution < -0.4 is 4.89 Å². The van der Waals surface area contributed by atoms with E-state index < -0.39 is 32.5 Å². The van der Waals surface area contributed by atoms with Crippen LogP contribution in [0.2, 0.25) is 0 Å². The summed E-state index contributed by atoms with van der Waals surface area (Å²) >= 11 is 0. The quantitative estimate of drug-likeness (QED) is 0.0629. The van der Waals surface area contributed by atoms with E-state index in [4.69, 9.17) is 18.5 Å². The molecular weight excluding hydrogens is 497 g/mol. The fourth-order valence-corrected chi connectivity index (χ4v) is 4.30. The number of hydrogen-bond acceptors (Lipinski definition) is 8. The molecule has 2 atom stereocenters. The summed E-state index contributed by atoms with van der Waals surface area (Å²) in [6.07, 6.45) is 15.3. The molecule has 0 spiro atoms. The van der Waals surface area contributed by atoms with Crippen molar-refractivity contribution in [2.75, 3.05) is 47.5 Å². The van der Waals surface area contributed by atoms with Gasteiger partial charge in [0, 0.05) is 12.8 Å². The first kappa shape index (κ1) is 36.0. The maximum Gasteiger partial charge on any atom is 0.305 e. The zero-order valence-corrected chi connectivity index (χ0v) is 25.1. The van der Waals surface area contributed by atoms with Gasteiger partial charge in [0.25, 0.3) is 7.82 Å². The van der Waals surface area contributed by atoms with Crippen LogP contribution in [0.1, 0.15) is 110 Å². The highest BCUT2D eigenvalue weighted by Gasteiger charge is 2.21. The second kappa shape index (κ2) is 21.9. The molecule has 0 N–H and O–H groups in total. The van der Waals surface area contributed by atoms with Crippen LogP contribution in [-0.2, 0) is 32.7 Å². The number of phosphoric ester groups is 1. The summed E-state index contributed by atoms with van der Waals surface area (Å²) in [7, 11) is 1.16. The number of esters is 2. The van der Waals surface area contributed by atoms with Gasteiger partial charge < -0.3 is 27.9 Å². The average Bonchev–Trinajstić information content (AvgIpc) is 2.82. The highest BCUT2D eigenvalue weighted by molar-refractivity contribution is 7.45. The maximum absolute atomic E-state index is 12.1. The van der Waals surface area contributed by atoms with E-state index in [0.29, 0.717) is 11.0 Å². The van der Waals surface area contributed by atoms with Crippen molar-refractivity contribution in [3.63, 3.8) is 0 Å². The highest BCUT2D eigenvalue weighted by Crippen LogP contribution is 2.38. The molecule has 0 saturated carbocycles. The van der Waals surface area contributed by atoms with Crippen molar-refractivity contribution in [2.24, 2.45) is 0 Å². The monoisotopic (exact) mass is 551 g/mol. The SMILES string of the molecule is CCCCCCCCCCCCCCCC(=O)OCC(COP(=O)([O-])OCC[N+](C)(C)C)OC(=O)CC. The lowest BCUT2D eigenvalue weighted by Crippen LogP contribution is -2.37. The van der Waals surface area contributed by atoms with Gasteiger partial charge in [-0.3, -0.25) is 14.2 Å². The van der Waals surface area contributed by atoms with Crippen molar-refractivity contribution in [3.8, 4) is 0 Å². The maximum atomic E-state index is 12.1. The topological polar surface area (TPSA) is 111 Å². The standard InChI is InChI=1S/C27H54NO8P/c1-6-8-9-10-11-12-13-14-15-16-17-18-19-20-27(30)33-23-25(36-26(29)7-2)24-35-37(31,32)34-22-21-28(3,4)5/h25H,6-24H2,1-5H3. The molecule has 0 heterocycles. The van der Waals surface area contributed by atoms with Crippen molar-refractivity contribution < 1.29 is 42.1 Å². The molecule has 0 aliphatic heterocycles. The predicted molar refractivity (Wildman–Crippen MR) is 144 cm³/mol. The summed E-state index contributed by atoms with van der Waals surface area (Å²) < 4.78 is 32.6. The van der Waals surface area contributed by atoms with Gasteiger partial charge in [-0.15, -0.1) is 0 Å². The number of rotatable bonds is 25. The molecule has 2 unspecified atom stereocenters. The Labute approximate surface area is 225 Å². The Kier molecular flexibility index (Phi) is 21.3. The molecule has 37 heavy (non-hydrogen) atoms. The lowest BCUT2D eigenvalue weighted by Gasteiger charge is -2.28. The van der Waals surface area contributed by atoms with Crippen LogP contribution in [0.15, 0.2) is 0 Å². The molecule has 220 valence electrons. The number of nitrogens with zero attached hydrogens (tertiary/aromatic N) is 1. The van der Waals surface area contributed by atoms with E-state index in [2.05, 4.69) is 6.92 Å². The number of carbonyl (C=O) groups is 2. The lowest BCUT2D eigenvalue weighted by molar-refractivity contribution is -0.870. The van der Waals surface area contributed by atoms with Crippen molar-refractivity contribution >= 4 is 19.8 Å². The second-order valence-corrected chi connectivity index (χ2v) is 12.1. The van der Waals surface area contributed by atoms with Crippen molar-refractivity contribution in [1.82, 2.24) is 0 Å². The molecule has 0 amide bonds. The van der Waals surface area contributed by atoms with E-state index >= 15 is 0 Å². The van der Waals surface area contributed by atoms with E-state index in [-0.39, 0.29) is 26.1 Å². The van der Waals surface area contributed by atoms with Gasteiger partial charge in [0.05, 0.1) is 27.7 Å². The number of carbonyl (C=O) groups excluding carboxylic acids is 2. The molecule has 0 saturated heterocycles. The fraction of sp³-hybridized carbons (Fsp3) is 0.926. The smallest absolute Gasteiger partial charge is 0.305 e. The first-order chi connectivity index (χ1) is 17.5. The Morgan fingerprint density at radius 2 is 1.27 bits per heavy atom. The van der Waals surface area contributed by atoms with Gasteiger partial charge >= 0.3 is 11.9 Å². The summed E-state index contributed by atoms with van der Waals surface area (Å²) in [6.45, 7) is 3.57. The molecule has 0 aliphatic rings. The van der Waals surface area contributed by atoms with Gasteiger partial charge in [-0.25, -0.2) is 0 Å². The summed E-state index contributed by atoms with van der Waals surface area (Å²) in [4.78, 5) is 35.8. The van der Waals surface area contributed by atoms with Crippen LogP contribution in [0.3, 0.4) is 0 Å². The van der Waals surface area contributed by atoms with Crippen molar-refractivity contribution in [3.05, 3.63) is 0 Å². The van der Waals surface area contributed by atoms with Gasteiger partial charge in [-0.2, -0.15) is 0 Å². The number of quaternary nitrogens is 1. The molecule has 0 aromatic heterocycles. The molecule has 9 nitrogen and oxygen atoms in total. The number of likely N-dealkylation sites (N-methyl/N-ethyl adjacent to an activating group) is 1. The van der Waals surface area contributed by atoms with E-state index in [1.807, 2.05) is 21.1 Å². The molecular formula is C27H54NO8P. The Hall–Kier alpha value is -0.990. The van der Waals surface area contributed by atoms with Crippen molar-refractivity contribution in [2.45, 2.75) is 116 Å². The van der Waals surface area contributed by atoms with Crippen LogP contribution >= 0.6 is 7.82 Å². The molecule has 0 rings (SSSR count). The van der Waals surface area contributed by atoms with Crippen LogP contribution in [0.4, 0.5) is 0 Å². The zero-order chi connectivity index (χ0) is 28.0. The zero-order valence-electron chi connectivity index (χ0n) is 24.2. The van der Waals surface area contributed by atoms with Crippen LogP contribution in [0.5, 0.6) is 0 Å². The van der Waals surface area contributed by atoms with Gasteiger partial charge in [0.1, 0.15) is 19.8 Å². The first-order valence-corrected chi connectivity index (χ1v) is 15.7. The lowest BCUT2D eigenvalue weighted by atomic mass is 10.0. The van der Waals surface area contributed by atoms with Gasteiger partial charge in [0.2, 0.25) is 0 Å². The van der Waals surface area contributed by atoms with E-state index in [9.17, 15) is 19.0 Å². The van der Waals surface area contributed by atoms with E-state index in [1.165, 1.54) is 64.2 Å².